The molecule has 0 aliphatic rings. The zero-order valence-electron chi connectivity index (χ0n) is 29.8. The zero-order valence-corrected chi connectivity index (χ0v) is 29.8. The Balaban J connectivity index is 0.994. The van der Waals surface area contributed by atoms with Crippen molar-refractivity contribution >= 4 is 71.7 Å². The SMILES string of the molecule is c1cc(-c2ccc(N(c3ccc(-c4ccc5c(c4)oc4ccccc45)cc3)c3cccc4oc5ccccc5c34)cc2)cc(-c2ccc3ccccc3c2)c1. The highest BCUT2D eigenvalue weighted by molar-refractivity contribution is 6.13. The van der Waals surface area contributed by atoms with Crippen LogP contribution in [0.5, 0.6) is 0 Å². The molecule has 3 heteroatoms. The third-order valence-corrected chi connectivity index (χ3v) is 10.9. The lowest BCUT2D eigenvalue weighted by Gasteiger charge is -2.26. The molecule has 0 unspecified atom stereocenters. The Hall–Kier alpha value is -7.36. The van der Waals surface area contributed by atoms with Gasteiger partial charge >= 0.3 is 0 Å². The molecule has 2 aromatic heterocycles. The van der Waals surface area contributed by atoms with Crippen molar-refractivity contribution in [2.75, 3.05) is 4.90 Å². The van der Waals surface area contributed by atoms with E-state index in [1.165, 1.54) is 27.5 Å². The topological polar surface area (TPSA) is 29.5 Å². The fourth-order valence-corrected chi connectivity index (χ4v) is 8.13. The molecule has 9 aromatic carbocycles. The predicted molar refractivity (Wildman–Crippen MR) is 229 cm³/mol. The lowest BCUT2D eigenvalue weighted by molar-refractivity contribution is 0.668. The number of rotatable bonds is 6. The van der Waals surface area contributed by atoms with E-state index in [0.29, 0.717) is 0 Å². The highest BCUT2D eigenvalue weighted by Gasteiger charge is 2.20. The summed E-state index contributed by atoms with van der Waals surface area (Å²) in [7, 11) is 0. The molecule has 258 valence electrons. The molecule has 55 heavy (non-hydrogen) atoms. The van der Waals surface area contributed by atoms with Gasteiger partial charge in [-0.15, -0.1) is 0 Å². The maximum Gasteiger partial charge on any atom is 0.137 e. The summed E-state index contributed by atoms with van der Waals surface area (Å²) >= 11 is 0. The van der Waals surface area contributed by atoms with Crippen molar-refractivity contribution in [1.82, 2.24) is 0 Å². The number of para-hydroxylation sites is 2. The molecule has 0 amide bonds. The molecule has 3 nitrogen and oxygen atoms in total. The predicted octanol–water partition coefficient (Wildman–Crippen LogP) is 15.1. The first-order valence-corrected chi connectivity index (χ1v) is 18.7. The molecule has 0 atom stereocenters. The summed E-state index contributed by atoms with van der Waals surface area (Å²) in [6.45, 7) is 0. The van der Waals surface area contributed by atoms with Crippen molar-refractivity contribution in [3.05, 3.63) is 200 Å². The highest BCUT2D eigenvalue weighted by Crippen LogP contribution is 2.44. The second-order valence-corrected chi connectivity index (χ2v) is 14.1. The number of furan rings is 2. The molecule has 11 rings (SSSR count). The average Bonchev–Trinajstić information content (AvgIpc) is 3.83. The Bertz CT molecular complexity index is 3200. The van der Waals surface area contributed by atoms with E-state index in [4.69, 9.17) is 8.83 Å². The summed E-state index contributed by atoms with van der Waals surface area (Å²) in [6.07, 6.45) is 0. The lowest BCUT2D eigenvalue weighted by Crippen LogP contribution is -2.10. The quantitative estimate of drug-likeness (QED) is 0.173. The van der Waals surface area contributed by atoms with Gasteiger partial charge in [-0.1, -0.05) is 127 Å². The Morgan fingerprint density at radius 1 is 0.291 bits per heavy atom. The van der Waals surface area contributed by atoms with E-state index in [1.807, 2.05) is 24.3 Å². The Morgan fingerprint density at radius 2 is 0.800 bits per heavy atom. The van der Waals surface area contributed by atoms with Gasteiger partial charge in [0.05, 0.1) is 11.1 Å². The summed E-state index contributed by atoms with van der Waals surface area (Å²) in [4.78, 5) is 2.34. The summed E-state index contributed by atoms with van der Waals surface area (Å²) in [5.41, 5.74) is 13.7. The molecule has 0 bridgehead atoms. The maximum absolute atomic E-state index is 6.36. The minimum atomic E-state index is 0.863. The summed E-state index contributed by atoms with van der Waals surface area (Å²) in [5.74, 6) is 0. The molecule has 11 aromatic rings. The maximum atomic E-state index is 6.36. The second-order valence-electron chi connectivity index (χ2n) is 14.1. The lowest BCUT2D eigenvalue weighted by atomic mass is 9.97. The Kier molecular flexibility index (Phi) is 7.17. The van der Waals surface area contributed by atoms with Crippen molar-refractivity contribution in [2.24, 2.45) is 0 Å². The number of nitrogens with zero attached hydrogens (tertiary/aromatic N) is 1. The summed E-state index contributed by atoms with van der Waals surface area (Å²) < 4.78 is 12.6. The molecule has 0 radical (unpaired) electrons. The largest absolute Gasteiger partial charge is 0.456 e. The van der Waals surface area contributed by atoms with Gasteiger partial charge in [-0.25, -0.2) is 0 Å². The fourth-order valence-electron chi connectivity index (χ4n) is 8.13. The third kappa shape index (κ3) is 5.36. The Morgan fingerprint density at radius 3 is 1.56 bits per heavy atom. The van der Waals surface area contributed by atoms with E-state index in [-0.39, 0.29) is 0 Å². The van der Waals surface area contributed by atoms with Crippen molar-refractivity contribution in [2.45, 2.75) is 0 Å². The van der Waals surface area contributed by atoms with E-state index in [9.17, 15) is 0 Å². The van der Waals surface area contributed by atoms with Crippen LogP contribution in [-0.4, -0.2) is 0 Å². The van der Waals surface area contributed by atoms with Crippen LogP contribution < -0.4 is 4.90 Å². The monoisotopic (exact) mass is 703 g/mol. The van der Waals surface area contributed by atoms with E-state index >= 15 is 0 Å². The number of hydrogen-bond donors (Lipinski definition) is 0. The molecule has 0 N–H and O–H groups in total. The number of anilines is 3. The number of hydrogen-bond acceptors (Lipinski definition) is 3. The van der Waals surface area contributed by atoms with Crippen molar-refractivity contribution in [1.29, 1.82) is 0 Å². The molecular weight excluding hydrogens is 671 g/mol. The summed E-state index contributed by atoms with van der Waals surface area (Å²) in [6, 6.07) is 71.1. The van der Waals surface area contributed by atoms with Crippen LogP contribution in [0.2, 0.25) is 0 Å². The van der Waals surface area contributed by atoms with E-state index in [0.717, 1.165) is 77.6 Å². The van der Waals surface area contributed by atoms with Crippen LogP contribution in [0.4, 0.5) is 17.1 Å². The normalized spacial score (nSPS) is 11.6. The van der Waals surface area contributed by atoms with Crippen LogP contribution in [-0.2, 0) is 0 Å². The summed E-state index contributed by atoms with van der Waals surface area (Å²) in [5, 5.41) is 6.95. The van der Waals surface area contributed by atoms with E-state index in [1.54, 1.807) is 0 Å². The molecular formula is C52H33NO2. The van der Waals surface area contributed by atoms with E-state index < -0.39 is 0 Å². The van der Waals surface area contributed by atoms with Gasteiger partial charge in [0.15, 0.2) is 0 Å². The van der Waals surface area contributed by atoms with Gasteiger partial charge in [-0.2, -0.15) is 0 Å². The van der Waals surface area contributed by atoms with Crippen molar-refractivity contribution < 1.29 is 8.83 Å². The van der Waals surface area contributed by atoms with Crippen LogP contribution in [0, 0.1) is 0 Å². The molecule has 0 spiro atoms. The first-order valence-electron chi connectivity index (χ1n) is 18.7. The number of fused-ring (bicyclic) bond motifs is 7. The molecule has 0 aliphatic heterocycles. The fraction of sp³-hybridized carbons (Fsp3) is 0. The standard InChI is InChI=1S/C52H33NO2/c1-2-10-37-32-40(20-19-34(37)9-1)39-12-7-11-38(31-39)35-21-26-42(27-22-35)53(47-15-8-18-50-52(47)46-14-4-6-17-49(46)54-50)43-28-23-36(24-29-43)41-25-30-45-44-13-3-5-16-48(44)55-51(45)33-41/h1-33H. The molecule has 0 saturated carbocycles. The van der Waals surface area contributed by atoms with Gasteiger partial charge in [0.25, 0.3) is 0 Å². The molecule has 2 heterocycles. The van der Waals surface area contributed by atoms with Gasteiger partial charge in [-0.05, 0) is 117 Å². The first-order chi connectivity index (χ1) is 27.2. The number of benzene rings is 9. The van der Waals surface area contributed by atoms with Gasteiger partial charge < -0.3 is 13.7 Å². The minimum absolute atomic E-state index is 0.863. The van der Waals surface area contributed by atoms with Gasteiger partial charge in [-0.3, -0.25) is 0 Å². The Labute approximate surface area is 317 Å². The minimum Gasteiger partial charge on any atom is -0.456 e. The van der Waals surface area contributed by atoms with Crippen LogP contribution >= 0.6 is 0 Å². The average molecular weight is 704 g/mol. The van der Waals surface area contributed by atoms with Crippen LogP contribution in [0.25, 0.3) is 88.0 Å². The van der Waals surface area contributed by atoms with Crippen LogP contribution in [0.3, 0.4) is 0 Å². The molecule has 0 aliphatic carbocycles. The van der Waals surface area contributed by atoms with Gasteiger partial charge in [0.1, 0.15) is 22.3 Å². The van der Waals surface area contributed by atoms with Crippen molar-refractivity contribution in [3.8, 4) is 33.4 Å². The van der Waals surface area contributed by atoms with Crippen LogP contribution in [0.1, 0.15) is 0 Å². The zero-order chi connectivity index (χ0) is 36.3. The third-order valence-electron chi connectivity index (χ3n) is 10.9. The van der Waals surface area contributed by atoms with Gasteiger partial charge in [0.2, 0.25) is 0 Å². The first kappa shape index (κ1) is 31.2. The van der Waals surface area contributed by atoms with E-state index in [2.05, 4.69) is 181 Å². The van der Waals surface area contributed by atoms with Crippen molar-refractivity contribution in [3.63, 3.8) is 0 Å². The smallest absolute Gasteiger partial charge is 0.137 e. The molecule has 0 fully saturated rings. The second kappa shape index (κ2) is 12.6. The van der Waals surface area contributed by atoms with Gasteiger partial charge in [0, 0.05) is 27.5 Å². The van der Waals surface area contributed by atoms with Crippen LogP contribution in [0.15, 0.2) is 209 Å². The molecule has 0 saturated heterocycles. The highest BCUT2D eigenvalue weighted by atomic mass is 16.3.